The highest BCUT2D eigenvalue weighted by Gasteiger charge is 2.31. The van der Waals surface area contributed by atoms with Crippen molar-refractivity contribution >= 4 is 28.4 Å². The van der Waals surface area contributed by atoms with E-state index in [1.54, 1.807) is 18.2 Å². The number of hydrogen-bond donors (Lipinski definition) is 2. The Hall–Kier alpha value is -4.43. The lowest BCUT2D eigenvalue weighted by atomic mass is 10.1. The summed E-state index contributed by atoms with van der Waals surface area (Å²) in [5.41, 5.74) is 8.11. The first-order valence-electron chi connectivity index (χ1n) is 11.9. The number of likely N-dealkylation sites (N-methyl/N-ethyl adjacent to an activating group) is 1. The van der Waals surface area contributed by atoms with Crippen molar-refractivity contribution in [2.45, 2.75) is 25.6 Å². The zero-order valence-corrected chi connectivity index (χ0v) is 20.7. The van der Waals surface area contributed by atoms with Crippen molar-refractivity contribution in [3.8, 4) is 11.8 Å². The van der Waals surface area contributed by atoms with Crippen LogP contribution < -0.4 is 11.1 Å². The minimum absolute atomic E-state index is 0.0990. The smallest absolute Gasteiger partial charge is 0.383 e. The van der Waals surface area contributed by atoms with Gasteiger partial charge in [-0.15, -0.1) is 0 Å². The first kappa shape index (κ1) is 25.2. The minimum Gasteiger partial charge on any atom is -0.383 e. The van der Waals surface area contributed by atoms with Gasteiger partial charge < -0.3 is 16.0 Å². The van der Waals surface area contributed by atoms with Gasteiger partial charge in [-0.05, 0) is 62.2 Å². The maximum absolute atomic E-state index is 13.0. The number of amides is 1. The molecule has 0 radical (unpaired) electrons. The number of nitrogens with two attached hydrogens (primary N) is 1. The summed E-state index contributed by atoms with van der Waals surface area (Å²) < 4.78 is 41.0. The number of fused-ring (bicyclic) bond motifs is 1. The molecule has 0 spiro atoms. The van der Waals surface area contributed by atoms with E-state index in [9.17, 15) is 18.0 Å². The van der Waals surface area contributed by atoms with E-state index >= 15 is 0 Å². The van der Waals surface area contributed by atoms with E-state index in [1.165, 1.54) is 18.5 Å². The molecule has 2 aromatic carbocycles. The number of aryl methyl sites for hydroxylation is 1. The first-order chi connectivity index (χ1) is 18.1. The first-order valence-corrected chi connectivity index (χ1v) is 11.9. The average molecular weight is 520 g/mol. The van der Waals surface area contributed by atoms with Gasteiger partial charge in [-0.2, -0.15) is 18.3 Å². The van der Waals surface area contributed by atoms with Crippen LogP contribution in [0, 0.1) is 18.8 Å². The van der Waals surface area contributed by atoms with Crippen LogP contribution in [0.3, 0.4) is 0 Å². The quantitative estimate of drug-likeness (QED) is 0.392. The van der Waals surface area contributed by atoms with Crippen molar-refractivity contribution in [3.63, 3.8) is 0 Å². The van der Waals surface area contributed by atoms with Crippen LogP contribution in [0.25, 0.3) is 11.0 Å². The molecule has 2 aromatic heterocycles. The molecule has 1 saturated heterocycles. The molecule has 0 saturated carbocycles. The topological polar surface area (TPSA) is 102 Å². The lowest BCUT2D eigenvalue weighted by molar-refractivity contribution is -0.137. The van der Waals surface area contributed by atoms with Crippen LogP contribution in [0.2, 0.25) is 0 Å². The molecule has 3 N–H and O–H groups in total. The Morgan fingerprint density at radius 1 is 1.16 bits per heavy atom. The van der Waals surface area contributed by atoms with Crippen LogP contribution >= 0.6 is 0 Å². The molecule has 4 aromatic rings. The van der Waals surface area contributed by atoms with Crippen LogP contribution in [-0.4, -0.2) is 50.7 Å². The molecule has 38 heavy (non-hydrogen) atoms. The number of rotatable bonds is 3. The molecule has 1 atom stereocenters. The number of carbonyl (C=O) groups excluding carboxylic acids is 1. The predicted octanol–water partition coefficient (Wildman–Crippen LogP) is 4.26. The van der Waals surface area contributed by atoms with E-state index < -0.39 is 17.6 Å². The van der Waals surface area contributed by atoms with E-state index in [2.05, 4.69) is 39.1 Å². The molecule has 5 rings (SSSR count). The van der Waals surface area contributed by atoms with E-state index in [0.29, 0.717) is 28.0 Å². The number of likely N-dealkylation sites (tertiary alicyclic amines) is 1. The summed E-state index contributed by atoms with van der Waals surface area (Å²) in [7, 11) is 2.05. The van der Waals surface area contributed by atoms with Crippen LogP contribution in [-0.2, 0) is 6.18 Å². The Labute approximate surface area is 216 Å². The number of carbonyl (C=O) groups is 1. The summed E-state index contributed by atoms with van der Waals surface area (Å²) in [5, 5.41) is 7.95. The number of aromatic nitrogens is 4. The molecule has 194 valence electrons. The fraction of sp³-hybridized carbons (Fsp3) is 0.259. The second kappa shape index (κ2) is 9.79. The summed E-state index contributed by atoms with van der Waals surface area (Å²) in [5.74, 6) is 5.81. The summed E-state index contributed by atoms with van der Waals surface area (Å²) in [4.78, 5) is 23.4. The number of nitrogen functional groups attached to an aromatic ring is 1. The monoisotopic (exact) mass is 519 g/mol. The van der Waals surface area contributed by atoms with Gasteiger partial charge in [0.2, 0.25) is 0 Å². The van der Waals surface area contributed by atoms with Crippen LogP contribution in [0.1, 0.15) is 45.2 Å². The Morgan fingerprint density at radius 2 is 1.97 bits per heavy atom. The van der Waals surface area contributed by atoms with Gasteiger partial charge in [0, 0.05) is 29.9 Å². The zero-order valence-electron chi connectivity index (χ0n) is 20.7. The Kier molecular flexibility index (Phi) is 6.50. The van der Waals surface area contributed by atoms with E-state index in [-0.39, 0.29) is 17.4 Å². The largest absolute Gasteiger partial charge is 0.416 e. The zero-order chi connectivity index (χ0) is 27.0. The third-order valence-corrected chi connectivity index (χ3v) is 6.49. The Morgan fingerprint density at radius 3 is 2.71 bits per heavy atom. The van der Waals surface area contributed by atoms with Crippen molar-refractivity contribution in [2.75, 3.05) is 31.2 Å². The normalized spacial score (nSPS) is 15.9. The van der Waals surface area contributed by atoms with Gasteiger partial charge in [0.25, 0.3) is 5.91 Å². The summed E-state index contributed by atoms with van der Waals surface area (Å²) in [6.45, 7) is 3.65. The fourth-order valence-corrected chi connectivity index (χ4v) is 4.45. The third-order valence-electron chi connectivity index (χ3n) is 6.49. The number of alkyl halides is 3. The maximum atomic E-state index is 13.0. The molecule has 1 aliphatic rings. The molecule has 0 aliphatic carbocycles. The van der Waals surface area contributed by atoms with E-state index in [0.717, 1.165) is 37.2 Å². The van der Waals surface area contributed by atoms with Crippen molar-refractivity contribution < 1.29 is 18.0 Å². The molecular formula is C27H24F3N7O. The van der Waals surface area contributed by atoms with E-state index in [4.69, 9.17) is 10.8 Å². The lowest BCUT2D eigenvalue weighted by Gasteiger charge is -2.11. The van der Waals surface area contributed by atoms with Gasteiger partial charge in [-0.3, -0.25) is 4.79 Å². The highest BCUT2D eigenvalue weighted by Crippen LogP contribution is 2.30. The third kappa shape index (κ3) is 5.03. The maximum Gasteiger partial charge on any atom is 0.416 e. The van der Waals surface area contributed by atoms with Gasteiger partial charge in [-0.1, -0.05) is 18.1 Å². The van der Waals surface area contributed by atoms with Gasteiger partial charge in [-0.25, -0.2) is 14.6 Å². The Balaban J connectivity index is 1.45. The standard InChI is InChI=1S/C27H24F3N7O/c1-16-6-8-20(34-26(38)18-4-3-5-19(12-18)27(28,29)30)13-17(16)7-9-22-23-24(31)32-15-33-25(23)37(35-22)21-10-11-36(2)14-21/h3-6,8,12-13,15,21H,10-11,14H2,1-2H3,(H,34,38)(H2,31,32,33). The lowest BCUT2D eigenvalue weighted by Crippen LogP contribution is -2.17. The molecule has 11 heteroatoms. The van der Waals surface area contributed by atoms with Crippen molar-refractivity contribution in [3.05, 3.63) is 76.7 Å². The summed E-state index contributed by atoms with van der Waals surface area (Å²) in [6, 6.07) is 9.51. The predicted molar refractivity (Wildman–Crippen MR) is 137 cm³/mol. The molecule has 1 fully saturated rings. The molecule has 0 bridgehead atoms. The SMILES string of the molecule is Cc1ccc(NC(=O)c2cccc(C(F)(F)F)c2)cc1C#Cc1nn(C2CCN(C)C2)c2ncnc(N)c12. The molecule has 1 unspecified atom stereocenters. The highest BCUT2D eigenvalue weighted by molar-refractivity contribution is 6.04. The van der Waals surface area contributed by atoms with Gasteiger partial charge in [0.05, 0.1) is 17.0 Å². The van der Waals surface area contributed by atoms with Crippen molar-refractivity contribution in [1.82, 2.24) is 24.6 Å². The molecule has 1 aliphatic heterocycles. The van der Waals surface area contributed by atoms with Crippen molar-refractivity contribution in [2.24, 2.45) is 0 Å². The molecule has 3 heterocycles. The number of benzene rings is 2. The summed E-state index contributed by atoms with van der Waals surface area (Å²) in [6.07, 6.45) is -2.20. The summed E-state index contributed by atoms with van der Waals surface area (Å²) >= 11 is 0. The Bertz CT molecular complexity index is 1600. The average Bonchev–Trinajstić information content (AvgIpc) is 3.48. The number of anilines is 2. The number of nitrogens with one attached hydrogen (secondary N) is 1. The van der Waals surface area contributed by atoms with Crippen LogP contribution in [0.15, 0.2) is 48.8 Å². The van der Waals surface area contributed by atoms with Gasteiger partial charge in [0.1, 0.15) is 17.8 Å². The van der Waals surface area contributed by atoms with Gasteiger partial charge in [0.15, 0.2) is 5.65 Å². The molecular weight excluding hydrogens is 495 g/mol. The minimum atomic E-state index is -4.54. The highest BCUT2D eigenvalue weighted by atomic mass is 19.4. The van der Waals surface area contributed by atoms with E-state index in [1.807, 2.05) is 11.6 Å². The number of hydrogen-bond acceptors (Lipinski definition) is 6. The van der Waals surface area contributed by atoms with Gasteiger partial charge >= 0.3 is 6.18 Å². The van der Waals surface area contributed by atoms with Crippen molar-refractivity contribution in [1.29, 1.82) is 0 Å². The van der Waals surface area contributed by atoms with Crippen LogP contribution in [0.5, 0.6) is 0 Å². The molecule has 8 nitrogen and oxygen atoms in total. The van der Waals surface area contributed by atoms with Crippen LogP contribution in [0.4, 0.5) is 24.7 Å². The number of nitrogens with zero attached hydrogens (tertiary/aromatic N) is 5. The fourth-order valence-electron chi connectivity index (χ4n) is 4.45. The number of halogens is 3. The second-order valence-electron chi connectivity index (χ2n) is 9.27. The molecule has 1 amide bonds. The second-order valence-corrected chi connectivity index (χ2v) is 9.27.